The number of imidazole rings is 1. The predicted molar refractivity (Wildman–Crippen MR) is 312 cm³/mol. The van der Waals surface area contributed by atoms with Crippen LogP contribution in [0.5, 0.6) is 0 Å². The third-order valence-electron chi connectivity index (χ3n) is 14.7. The Hall–Kier alpha value is -7.61. The van der Waals surface area contributed by atoms with E-state index in [1.807, 2.05) is 58.9 Å². The summed E-state index contributed by atoms with van der Waals surface area (Å²) in [4.78, 5) is 139. The van der Waals surface area contributed by atoms with Gasteiger partial charge in [0.05, 0.1) is 12.4 Å². The van der Waals surface area contributed by atoms with Crippen LogP contribution in [0.15, 0.2) is 48.0 Å². The summed E-state index contributed by atoms with van der Waals surface area (Å²) >= 11 is 0. The minimum atomic E-state index is -1.40. The molecule has 0 aliphatic carbocycles. The smallest absolute Gasteiger partial charge is 0.326 e. The molecule has 19 N–H and O–H groups in total. The zero-order valence-electron chi connectivity index (χ0n) is 49.1. The number of carboxylic acids is 1. The average Bonchev–Trinajstić information content (AvgIpc) is 4.13. The van der Waals surface area contributed by atoms with Crippen molar-refractivity contribution in [2.24, 2.45) is 51.6 Å². The van der Waals surface area contributed by atoms with Gasteiger partial charge < -0.3 is 80.5 Å². The molecule has 2 aromatic heterocycles. The summed E-state index contributed by atoms with van der Waals surface area (Å²) in [5, 5.41) is 32.7. The number of carbonyl (C=O) groups is 9. The molecule has 0 fully saturated rings. The van der Waals surface area contributed by atoms with Gasteiger partial charge in [0.2, 0.25) is 47.3 Å². The highest BCUT2D eigenvalue weighted by Gasteiger charge is 2.37. The molecule has 8 amide bonds. The summed E-state index contributed by atoms with van der Waals surface area (Å²) < 4.78 is 0. The molecule has 1 aromatic carbocycles. The Morgan fingerprint density at radius 1 is 0.598 bits per heavy atom. The van der Waals surface area contributed by atoms with Crippen molar-refractivity contribution in [2.75, 3.05) is 13.1 Å². The van der Waals surface area contributed by atoms with Crippen molar-refractivity contribution < 1.29 is 48.3 Å². The van der Waals surface area contributed by atoms with E-state index >= 15 is 0 Å². The number of H-pyrrole nitrogens is 2. The largest absolute Gasteiger partial charge is 0.480 e. The van der Waals surface area contributed by atoms with E-state index in [1.165, 1.54) is 19.4 Å². The molecule has 0 spiro atoms. The number of aliphatic imine (C=N–C) groups is 1. The van der Waals surface area contributed by atoms with Crippen LogP contribution in [0.3, 0.4) is 0 Å². The second kappa shape index (κ2) is 34.6. The molecule has 3 aromatic rings. The number of aliphatic carboxylic acids is 1. The Kier molecular flexibility index (Phi) is 29.0. The molecule has 0 radical (unpaired) electrons. The first kappa shape index (κ1) is 68.7. The van der Waals surface area contributed by atoms with Crippen molar-refractivity contribution in [1.29, 1.82) is 0 Å². The number of amides is 8. The quantitative estimate of drug-likeness (QED) is 0.0211. The summed E-state index contributed by atoms with van der Waals surface area (Å²) in [5.74, 6) is -8.69. The van der Waals surface area contributed by atoms with Crippen molar-refractivity contribution in [1.82, 2.24) is 57.5 Å². The molecular formula is C56H92N16O10. The van der Waals surface area contributed by atoms with Crippen molar-refractivity contribution in [3.63, 3.8) is 0 Å². The van der Waals surface area contributed by atoms with Crippen LogP contribution in [0.4, 0.5) is 0 Å². The van der Waals surface area contributed by atoms with Gasteiger partial charge in [-0.3, -0.25) is 43.3 Å². The maximum absolute atomic E-state index is 14.8. The van der Waals surface area contributed by atoms with Crippen molar-refractivity contribution in [2.45, 2.75) is 187 Å². The number of para-hydroxylation sites is 1. The van der Waals surface area contributed by atoms with Crippen LogP contribution in [-0.4, -0.2) is 147 Å². The molecule has 0 saturated heterocycles. The van der Waals surface area contributed by atoms with Gasteiger partial charge in [-0.25, -0.2) is 9.78 Å². The van der Waals surface area contributed by atoms with E-state index < -0.39 is 119 Å². The molecular weight excluding hydrogens is 1060 g/mol. The minimum Gasteiger partial charge on any atom is -0.480 e. The van der Waals surface area contributed by atoms with Gasteiger partial charge in [0.15, 0.2) is 5.96 Å². The van der Waals surface area contributed by atoms with Gasteiger partial charge in [0, 0.05) is 48.4 Å². The Labute approximate surface area is 480 Å². The van der Waals surface area contributed by atoms with E-state index in [1.54, 1.807) is 27.0 Å². The number of benzene rings is 1. The van der Waals surface area contributed by atoms with E-state index in [9.17, 15) is 48.3 Å². The number of fused-ring (bicyclic) bond motifs is 1. The molecule has 456 valence electrons. The summed E-state index contributed by atoms with van der Waals surface area (Å²) in [6.45, 7) is 16.4. The summed E-state index contributed by atoms with van der Waals surface area (Å²) in [6, 6.07) is -3.51. The average molecular weight is 1150 g/mol. The van der Waals surface area contributed by atoms with Gasteiger partial charge in [0.25, 0.3) is 0 Å². The van der Waals surface area contributed by atoms with Crippen LogP contribution in [0.25, 0.3) is 10.9 Å². The molecule has 82 heavy (non-hydrogen) atoms. The standard InChI is InChI=1S/C56H92N16O10/c1-10-31(6)44(71-48(74)38(58)19-15-16-22-57)52(78)65-34(9)47(73)70-45(32(7)11-2)53(79)68-42(25-35-27-63-39-20-14-13-18-37(35)39)51(77)72-46(33(8)12-3)54(80)67-41(24-30(4)5)50(76)66-40(21-17-23-62-56(59)60)49(75)69-43(55(81)82)26-36-28-61-29-64-36/h13-14,18,20,27-34,38,40-46,63H,10-12,15-17,19,21-26,57-58H2,1-9H3,(H,61,64)(H,65,78)(H,66,76)(H,67,80)(H,68,79)(H,69,75)(H,70,73)(H,71,74)(H,72,77)(H,81,82)(H4,59,60,62)/t31-,32-,33-,34-,38-,40-,41-,42-,43-,44-,45-,46-/m0/s1. The maximum Gasteiger partial charge on any atom is 0.326 e. The number of nitrogens with zero attached hydrogens (tertiary/aromatic N) is 2. The number of carboxylic acid groups (broad SMARTS) is 1. The van der Waals surface area contributed by atoms with Crippen LogP contribution in [0, 0.1) is 23.7 Å². The minimum absolute atomic E-state index is 0.0221. The fourth-order valence-electron chi connectivity index (χ4n) is 9.00. The van der Waals surface area contributed by atoms with Gasteiger partial charge >= 0.3 is 5.97 Å². The number of unbranched alkanes of at least 4 members (excludes halogenated alkanes) is 1. The fraction of sp³-hybridized carbons (Fsp3) is 0.625. The van der Waals surface area contributed by atoms with Crippen LogP contribution in [0.2, 0.25) is 0 Å². The third-order valence-corrected chi connectivity index (χ3v) is 14.7. The normalized spacial score (nSPS) is 15.8. The first-order valence-corrected chi connectivity index (χ1v) is 28.5. The highest BCUT2D eigenvalue weighted by Crippen LogP contribution is 2.21. The number of hydrogen-bond acceptors (Lipinski definition) is 13. The molecule has 12 atom stereocenters. The Morgan fingerprint density at radius 3 is 1.67 bits per heavy atom. The Balaban J connectivity index is 1.93. The van der Waals surface area contributed by atoms with E-state index in [4.69, 9.17) is 22.9 Å². The number of nitrogens with two attached hydrogens (primary N) is 4. The lowest BCUT2D eigenvalue weighted by Crippen LogP contribution is -2.62. The molecule has 0 aliphatic heterocycles. The van der Waals surface area contributed by atoms with Crippen LogP contribution < -0.4 is 65.5 Å². The van der Waals surface area contributed by atoms with Gasteiger partial charge in [-0.1, -0.05) is 99.3 Å². The molecule has 0 aliphatic rings. The Bertz CT molecular complexity index is 2590. The van der Waals surface area contributed by atoms with Crippen molar-refractivity contribution in [3.05, 3.63) is 54.2 Å². The number of aromatic amines is 2. The topological polar surface area (TPSA) is 431 Å². The van der Waals surface area contributed by atoms with Gasteiger partial charge in [-0.2, -0.15) is 0 Å². The van der Waals surface area contributed by atoms with E-state index in [0.717, 1.165) is 10.9 Å². The van der Waals surface area contributed by atoms with Crippen molar-refractivity contribution in [3.8, 4) is 0 Å². The highest BCUT2D eigenvalue weighted by molar-refractivity contribution is 5.98. The summed E-state index contributed by atoms with van der Waals surface area (Å²) in [6.07, 6.45) is 7.55. The second-order valence-electron chi connectivity index (χ2n) is 21.7. The molecule has 2 heterocycles. The molecule has 0 unspecified atom stereocenters. The molecule has 26 nitrogen and oxygen atoms in total. The molecule has 0 bridgehead atoms. The number of guanidine groups is 1. The molecule has 26 heteroatoms. The fourth-order valence-corrected chi connectivity index (χ4v) is 9.00. The van der Waals surface area contributed by atoms with Gasteiger partial charge in [0.1, 0.15) is 48.3 Å². The zero-order valence-corrected chi connectivity index (χ0v) is 49.1. The first-order valence-electron chi connectivity index (χ1n) is 28.5. The number of nitrogens with one attached hydrogen (secondary N) is 10. The predicted octanol–water partition coefficient (Wildman–Crippen LogP) is 0.353. The molecule has 0 saturated carbocycles. The number of carbonyl (C=O) groups excluding carboxylic acids is 8. The lowest BCUT2D eigenvalue weighted by atomic mass is 9.95. The van der Waals surface area contributed by atoms with E-state index in [0.29, 0.717) is 56.3 Å². The van der Waals surface area contributed by atoms with Gasteiger partial charge in [-0.05, 0) is 80.9 Å². The number of rotatable bonds is 37. The maximum atomic E-state index is 14.8. The van der Waals surface area contributed by atoms with E-state index in [2.05, 4.69) is 62.5 Å². The summed E-state index contributed by atoms with van der Waals surface area (Å²) in [5.41, 5.74) is 24.6. The second-order valence-corrected chi connectivity index (χ2v) is 21.7. The first-order chi connectivity index (χ1) is 38.8. The summed E-state index contributed by atoms with van der Waals surface area (Å²) in [7, 11) is 0. The lowest BCUT2D eigenvalue weighted by molar-refractivity contribution is -0.142. The number of hydrogen-bond donors (Lipinski definition) is 15. The van der Waals surface area contributed by atoms with Gasteiger partial charge in [-0.15, -0.1) is 0 Å². The zero-order chi connectivity index (χ0) is 61.2. The van der Waals surface area contributed by atoms with Crippen molar-refractivity contribution >= 4 is 70.1 Å². The van der Waals surface area contributed by atoms with Crippen LogP contribution >= 0.6 is 0 Å². The highest BCUT2D eigenvalue weighted by atomic mass is 16.4. The lowest BCUT2D eigenvalue weighted by Gasteiger charge is -2.31. The van der Waals surface area contributed by atoms with Crippen LogP contribution in [-0.2, 0) is 56.0 Å². The third kappa shape index (κ3) is 22.0. The van der Waals surface area contributed by atoms with Crippen LogP contribution in [0.1, 0.15) is 131 Å². The number of aromatic nitrogens is 3. The SMILES string of the molecule is CC[C@H](C)[C@H](NC(=O)[C@H](C)NC(=O)[C@@H](NC(=O)[C@@H](N)CCCCN)[C@@H](C)CC)C(=O)N[C@@H](Cc1c[nH]c2ccccc12)C(=O)N[C@H](C(=O)N[C@@H](CC(C)C)C(=O)N[C@@H](CCCN=C(N)N)C(=O)N[C@@H](Cc1cnc[nH]1)C(=O)O)[C@@H](C)CC. The Morgan fingerprint density at radius 2 is 1.12 bits per heavy atom. The monoisotopic (exact) mass is 1150 g/mol. The molecule has 3 rings (SSSR count). The van der Waals surface area contributed by atoms with E-state index in [-0.39, 0.29) is 56.4 Å².